The zero-order chi connectivity index (χ0) is 27.0. The average molecular weight is 542 g/mol. The molecule has 5 rings (SSSR count). The molecular weight excluding hydrogens is 510 g/mol. The zero-order valence-corrected chi connectivity index (χ0v) is 22.7. The van der Waals surface area contributed by atoms with E-state index in [1.165, 1.54) is 22.9 Å². The van der Waals surface area contributed by atoms with Crippen molar-refractivity contribution < 1.29 is 14.3 Å². The van der Waals surface area contributed by atoms with Gasteiger partial charge in [-0.25, -0.2) is 0 Å². The number of ether oxygens (including phenoxy) is 1. The van der Waals surface area contributed by atoms with E-state index in [2.05, 4.69) is 33.7 Å². The van der Waals surface area contributed by atoms with Crippen LogP contribution >= 0.6 is 11.8 Å². The summed E-state index contributed by atoms with van der Waals surface area (Å²) < 4.78 is 7.18. The minimum atomic E-state index is -0.205. The summed E-state index contributed by atoms with van der Waals surface area (Å²) in [7, 11) is 1.59. The lowest BCUT2D eigenvalue weighted by Crippen LogP contribution is -2.36. The third-order valence-corrected chi connectivity index (χ3v) is 7.71. The molecule has 2 heterocycles. The largest absolute Gasteiger partial charge is 0.497 e. The Hall–Kier alpha value is -4.11. The summed E-state index contributed by atoms with van der Waals surface area (Å²) in [6.45, 7) is 1.58. The third kappa shape index (κ3) is 6.49. The summed E-state index contributed by atoms with van der Waals surface area (Å²) in [5, 5.41) is 12.4. The summed E-state index contributed by atoms with van der Waals surface area (Å²) >= 11 is 1.39. The maximum absolute atomic E-state index is 13.2. The molecule has 3 aromatic carbocycles. The number of carbonyl (C=O) groups is 2. The molecule has 9 heteroatoms. The predicted molar refractivity (Wildman–Crippen MR) is 152 cm³/mol. The fourth-order valence-corrected chi connectivity index (χ4v) is 5.53. The molecular formula is C30H31N5O3S. The predicted octanol–water partition coefficient (Wildman–Crippen LogP) is 4.53. The molecule has 0 unspecified atom stereocenters. The van der Waals surface area contributed by atoms with Gasteiger partial charge in [-0.15, -0.1) is 10.2 Å². The number of aromatic nitrogens is 3. The number of fused-ring (bicyclic) bond motifs is 1. The third-order valence-electron chi connectivity index (χ3n) is 6.76. The number of carbonyl (C=O) groups excluding carboxylic acids is 2. The van der Waals surface area contributed by atoms with E-state index in [9.17, 15) is 9.59 Å². The van der Waals surface area contributed by atoms with Crippen molar-refractivity contribution in [2.75, 3.05) is 24.3 Å². The highest BCUT2D eigenvalue weighted by molar-refractivity contribution is 7.99. The number of nitrogens with zero attached hydrogens (tertiary/aromatic N) is 4. The number of hydrogen-bond donors (Lipinski definition) is 1. The van der Waals surface area contributed by atoms with E-state index in [1.54, 1.807) is 31.4 Å². The Labute approximate surface area is 232 Å². The second-order valence-electron chi connectivity index (χ2n) is 9.26. The molecule has 1 aliphatic heterocycles. The number of anilines is 1. The maximum Gasteiger partial charge on any atom is 0.251 e. The minimum absolute atomic E-state index is 0.0547. The topological polar surface area (TPSA) is 89.3 Å². The van der Waals surface area contributed by atoms with Gasteiger partial charge < -0.3 is 19.5 Å². The number of amides is 2. The van der Waals surface area contributed by atoms with Crippen molar-refractivity contribution in [2.24, 2.45) is 0 Å². The number of rotatable bonds is 10. The lowest BCUT2D eigenvalue weighted by Gasteiger charge is -2.29. The molecule has 8 nitrogen and oxygen atoms in total. The lowest BCUT2D eigenvalue weighted by molar-refractivity contribution is -0.116. The molecule has 0 atom stereocenters. The van der Waals surface area contributed by atoms with Crippen molar-refractivity contribution in [2.45, 2.75) is 37.5 Å². The van der Waals surface area contributed by atoms with Gasteiger partial charge in [0, 0.05) is 24.3 Å². The van der Waals surface area contributed by atoms with Gasteiger partial charge in [0.2, 0.25) is 5.91 Å². The molecule has 2 amide bonds. The number of para-hydroxylation sites is 1. The molecule has 0 radical (unpaired) electrons. The van der Waals surface area contributed by atoms with Crippen LogP contribution in [0.4, 0.5) is 5.69 Å². The van der Waals surface area contributed by atoms with Crippen molar-refractivity contribution in [3.63, 3.8) is 0 Å². The lowest BCUT2D eigenvalue weighted by atomic mass is 10.0. The van der Waals surface area contributed by atoms with E-state index in [0.29, 0.717) is 28.8 Å². The van der Waals surface area contributed by atoms with Gasteiger partial charge in [0.05, 0.1) is 19.4 Å². The van der Waals surface area contributed by atoms with Crippen molar-refractivity contribution in [3.8, 4) is 5.75 Å². The first-order valence-corrected chi connectivity index (χ1v) is 14.0. The van der Waals surface area contributed by atoms with Crippen LogP contribution in [0.2, 0.25) is 0 Å². The molecule has 1 N–H and O–H groups in total. The van der Waals surface area contributed by atoms with Gasteiger partial charge in [-0.05, 0) is 60.7 Å². The second kappa shape index (κ2) is 12.6. The molecule has 0 fully saturated rings. The zero-order valence-electron chi connectivity index (χ0n) is 21.9. The summed E-state index contributed by atoms with van der Waals surface area (Å²) in [5.74, 6) is 1.45. The molecule has 0 bridgehead atoms. The van der Waals surface area contributed by atoms with Crippen LogP contribution in [0.5, 0.6) is 5.75 Å². The molecule has 0 saturated heterocycles. The standard InChI is InChI=1S/C30H31N5O3S/c1-38-25-15-13-24(14-16-25)29(37)31-20-27-32-33-30(35(27)19-17-22-8-3-2-4-9-22)39-21-28(36)34-18-7-11-23-10-5-6-12-26(23)34/h2-6,8-10,12-16H,7,11,17-21H2,1H3,(H,31,37). The van der Waals surface area contributed by atoms with Crippen molar-refractivity contribution in [1.82, 2.24) is 20.1 Å². The average Bonchev–Trinajstić information content (AvgIpc) is 3.39. The van der Waals surface area contributed by atoms with Crippen molar-refractivity contribution in [3.05, 3.63) is 101 Å². The highest BCUT2D eigenvalue weighted by Crippen LogP contribution is 2.28. The Morgan fingerprint density at radius 1 is 0.974 bits per heavy atom. The van der Waals surface area contributed by atoms with Crippen LogP contribution in [0.3, 0.4) is 0 Å². The number of aryl methyl sites for hydroxylation is 2. The molecule has 0 spiro atoms. The Morgan fingerprint density at radius 2 is 1.74 bits per heavy atom. The fourth-order valence-electron chi connectivity index (χ4n) is 4.67. The Morgan fingerprint density at radius 3 is 2.54 bits per heavy atom. The Balaban J connectivity index is 1.28. The van der Waals surface area contributed by atoms with Crippen LogP contribution in [0, 0.1) is 0 Å². The van der Waals surface area contributed by atoms with Gasteiger partial charge in [0.15, 0.2) is 11.0 Å². The highest BCUT2D eigenvalue weighted by atomic mass is 32.2. The van der Waals surface area contributed by atoms with Crippen LogP contribution in [-0.4, -0.2) is 46.0 Å². The fraction of sp³-hybridized carbons (Fsp3) is 0.267. The highest BCUT2D eigenvalue weighted by Gasteiger charge is 2.23. The molecule has 0 saturated carbocycles. The van der Waals surface area contributed by atoms with Gasteiger partial charge in [0.1, 0.15) is 5.75 Å². The van der Waals surface area contributed by atoms with Crippen LogP contribution in [0.1, 0.15) is 33.7 Å². The summed E-state index contributed by atoms with van der Waals surface area (Å²) in [6, 6.07) is 25.2. The van der Waals surface area contributed by atoms with Gasteiger partial charge in [0.25, 0.3) is 5.91 Å². The molecule has 1 aliphatic rings. The number of hydrogen-bond acceptors (Lipinski definition) is 6. The van der Waals surface area contributed by atoms with Crippen LogP contribution in [-0.2, 0) is 30.7 Å². The van der Waals surface area contributed by atoms with Crippen LogP contribution in [0.25, 0.3) is 0 Å². The minimum Gasteiger partial charge on any atom is -0.497 e. The number of thioether (sulfide) groups is 1. The van der Waals surface area contributed by atoms with Gasteiger partial charge in [-0.3, -0.25) is 9.59 Å². The maximum atomic E-state index is 13.2. The van der Waals surface area contributed by atoms with Gasteiger partial charge in [-0.1, -0.05) is 60.3 Å². The van der Waals surface area contributed by atoms with E-state index in [4.69, 9.17) is 4.74 Å². The number of nitrogens with one attached hydrogen (secondary N) is 1. The first kappa shape index (κ1) is 26.5. The summed E-state index contributed by atoms with van der Waals surface area (Å²) in [4.78, 5) is 27.9. The summed E-state index contributed by atoms with van der Waals surface area (Å²) in [5.41, 5.74) is 3.94. The van der Waals surface area contributed by atoms with Crippen LogP contribution < -0.4 is 15.0 Å². The number of methoxy groups -OCH3 is 1. The second-order valence-corrected chi connectivity index (χ2v) is 10.2. The smallest absolute Gasteiger partial charge is 0.251 e. The van der Waals surface area contributed by atoms with Gasteiger partial charge >= 0.3 is 0 Å². The van der Waals surface area contributed by atoms with Crippen molar-refractivity contribution >= 4 is 29.3 Å². The van der Waals surface area contributed by atoms with E-state index in [1.807, 2.05) is 45.9 Å². The van der Waals surface area contributed by atoms with Crippen LogP contribution in [0.15, 0.2) is 84.0 Å². The first-order chi connectivity index (χ1) is 19.1. The normalized spacial score (nSPS) is 12.6. The molecule has 0 aliphatic carbocycles. The van der Waals surface area contributed by atoms with Crippen molar-refractivity contribution in [1.29, 1.82) is 0 Å². The van der Waals surface area contributed by atoms with Gasteiger partial charge in [-0.2, -0.15) is 0 Å². The van der Waals surface area contributed by atoms with E-state index < -0.39 is 0 Å². The molecule has 39 heavy (non-hydrogen) atoms. The molecule has 1 aromatic heterocycles. The van der Waals surface area contributed by atoms with E-state index in [-0.39, 0.29) is 24.1 Å². The quantitative estimate of drug-likeness (QED) is 0.297. The Bertz CT molecular complexity index is 1420. The monoisotopic (exact) mass is 541 g/mol. The molecule has 200 valence electrons. The molecule has 4 aromatic rings. The first-order valence-electron chi connectivity index (χ1n) is 13.0. The SMILES string of the molecule is COc1ccc(C(=O)NCc2nnc(SCC(=O)N3CCCc4ccccc43)n2CCc2ccccc2)cc1. The summed E-state index contributed by atoms with van der Waals surface area (Å²) in [6.07, 6.45) is 2.73. The number of benzene rings is 3. The Kier molecular flexibility index (Phi) is 8.58. The van der Waals surface area contributed by atoms with E-state index in [0.717, 1.165) is 31.5 Å². The van der Waals surface area contributed by atoms with E-state index >= 15 is 0 Å².